The van der Waals surface area contributed by atoms with Gasteiger partial charge in [0.2, 0.25) is 5.91 Å². The number of aliphatic hydroxyl groups is 3. The van der Waals surface area contributed by atoms with Gasteiger partial charge < -0.3 is 20.6 Å². The maximum atomic E-state index is 12.5. The van der Waals surface area contributed by atoms with Gasteiger partial charge in [0.15, 0.2) is 0 Å². The van der Waals surface area contributed by atoms with Gasteiger partial charge in [0, 0.05) is 0 Å². The summed E-state index contributed by atoms with van der Waals surface area (Å²) in [5.74, 6) is -0.500. The Kier molecular flexibility index (Phi) is 47.5. The molecule has 0 rings (SSSR count). The number of carbonyl (C=O) groups excluding carboxylic acids is 1. The lowest BCUT2D eigenvalue weighted by molar-refractivity contribution is -0.131. The van der Waals surface area contributed by atoms with Gasteiger partial charge in [-0.3, -0.25) is 4.79 Å². The van der Waals surface area contributed by atoms with Crippen molar-refractivity contribution in [3.63, 3.8) is 0 Å². The van der Waals surface area contributed by atoms with Crippen LogP contribution in [0.15, 0.2) is 24.3 Å². The summed E-state index contributed by atoms with van der Waals surface area (Å²) >= 11 is 0. The lowest BCUT2D eigenvalue weighted by atomic mass is 10.0. The molecule has 4 N–H and O–H groups in total. The number of amides is 1. The van der Waals surface area contributed by atoms with E-state index in [9.17, 15) is 20.1 Å². The van der Waals surface area contributed by atoms with E-state index >= 15 is 0 Å². The van der Waals surface area contributed by atoms with Gasteiger partial charge in [-0.2, -0.15) is 0 Å². The molecule has 5 nitrogen and oxygen atoms in total. The van der Waals surface area contributed by atoms with Crippen LogP contribution in [0.25, 0.3) is 0 Å². The van der Waals surface area contributed by atoms with E-state index in [1.54, 1.807) is 6.08 Å². The monoisotopic (exact) mass is 818 g/mol. The largest absolute Gasteiger partial charge is 0.394 e. The van der Waals surface area contributed by atoms with Crippen molar-refractivity contribution in [2.75, 3.05) is 6.61 Å². The predicted octanol–water partition coefficient (Wildman–Crippen LogP) is 15.7. The Morgan fingerprint density at radius 1 is 0.414 bits per heavy atom. The SMILES string of the molecule is CCCCCCCCCCCCCC/C=C\CCCCCCCCCCCCCCCCC(O)C(=O)NC(CO)C(O)/C=C/CCCCCCCCCCCCCC. The maximum Gasteiger partial charge on any atom is 0.249 e. The van der Waals surface area contributed by atoms with E-state index in [0.29, 0.717) is 6.42 Å². The lowest BCUT2D eigenvalue weighted by Crippen LogP contribution is -2.48. The van der Waals surface area contributed by atoms with E-state index in [4.69, 9.17) is 0 Å². The van der Waals surface area contributed by atoms with Crippen molar-refractivity contribution in [2.45, 2.75) is 302 Å². The van der Waals surface area contributed by atoms with E-state index in [1.807, 2.05) is 6.08 Å². The molecule has 0 saturated carbocycles. The number of allylic oxidation sites excluding steroid dienone is 3. The summed E-state index contributed by atoms with van der Waals surface area (Å²) in [6, 6.07) is -0.795. The van der Waals surface area contributed by atoms with Gasteiger partial charge in [-0.1, -0.05) is 263 Å². The Hall–Kier alpha value is -1.17. The first-order valence-electron chi connectivity index (χ1n) is 26.2. The second-order valence-corrected chi connectivity index (χ2v) is 18.1. The van der Waals surface area contributed by atoms with Crippen LogP contribution in [0.4, 0.5) is 0 Å². The quantitative estimate of drug-likeness (QED) is 0.0364. The van der Waals surface area contributed by atoms with Crippen LogP contribution in [0.5, 0.6) is 0 Å². The van der Waals surface area contributed by atoms with E-state index in [0.717, 1.165) is 32.1 Å². The van der Waals surface area contributed by atoms with Crippen LogP contribution in [0, 0.1) is 0 Å². The highest BCUT2D eigenvalue weighted by atomic mass is 16.3. The zero-order chi connectivity index (χ0) is 42.3. The van der Waals surface area contributed by atoms with Gasteiger partial charge in [0.05, 0.1) is 18.8 Å². The van der Waals surface area contributed by atoms with Crippen LogP contribution in [0.3, 0.4) is 0 Å². The van der Waals surface area contributed by atoms with Crippen LogP contribution in [0.2, 0.25) is 0 Å². The number of nitrogens with one attached hydrogen (secondary N) is 1. The van der Waals surface area contributed by atoms with Crippen molar-refractivity contribution >= 4 is 5.91 Å². The minimum absolute atomic E-state index is 0.361. The normalized spacial score (nSPS) is 13.5. The average molecular weight is 818 g/mol. The third-order valence-corrected chi connectivity index (χ3v) is 12.3. The van der Waals surface area contributed by atoms with Crippen LogP contribution in [-0.4, -0.2) is 46.1 Å². The van der Waals surface area contributed by atoms with Gasteiger partial charge in [-0.25, -0.2) is 0 Å². The van der Waals surface area contributed by atoms with Crippen LogP contribution in [0.1, 0.15) is 284 Å². The number of rotatable bonds is 48. The molecule has 3 atom stereocenters. The first-order chi connectivity index (χ1) is 28.6. The van der Waals surface area contributed by atoms with Gasteiger partial charge in [0.25, 0.3) is 0 Å². The minimum atomic E-state index is -1.10. The summed E-state index contributed by atoms with van der Waals surface area (Å²) in [5, 5.41) is 33.2. The topological polar surface area (TPSA) is 89.8 Å². The molecule has 0 fully saturated rings. The van der Waals surface area contributed by atoms with Crippen molar-refractivity contribution in [3.05, 3.63) is 24.3 Å². The molecule has 0 bridgehead atoms. The summed E-state index contributed by atoms with van der Waals surface area (Å²) in [6.45, 7) is 4.20. The molecular formula is C53H103NO4. The zero-order valence-electron chi connectivity index (χ0n) is 39.2. The number of aliphatic hydroxyl groups excluding tert-OH is 3. The van der Waals surface area contributed by atoms with Crippen molar-refractivity contribution < 1.29 is 20.1 Å². The fraction of sp³-hybridized carbons (Fsp3) is 0.906. The lowest BCUT2D eigenvalue weighted by Gasteiger charge is -2.21. The molecule has 0 spiro atoms. The Morgan fingerprint density at radius 2 is 0.690 bits per heavy atom. The second kappa shape index (κ2) is 48.5. The Balaban J connectivity index is 3.53. The fourth-order valence-electron chi connectivity index (χ4n) is 8.18. The summed E-state index contributed by atoms with van der Waals surface area (Å²) in [6.07, 6.45) is 61.0. The smallest absolute Gasteiger partial charge is 0.249 e. The Bertz CT molecular complexity index is 859. The van der Waals surface area contributed by atoms with E-state index in [2.05, 4.69) is 31.3 Å². The Morgan fingerprint density at radius 3 is 1.00 bits per heavy atom. The molecule has 0 radical (unpaired) electrons. The maximum absolute atomic E-state index is 12.5. The molecule has 0 aliphatic carbocycles. The average Bonchev–Trinajstić information content (AvgIpc) is 3.23. The summed E-state index contributed by atoms with van der Waals surface area (Å²) in [5.41, 5.74) is 0. The van der Waals surface area contributed by atoms with Crippen LogP contribution >= 0.6 is 0 Å². The molecule has 0 aromatic heterocycles. The second-order valence-electron chi connectivity index (χ2n) is 18.1. The third-order valence-electron chi connectivity index (χ3n) is 12.3. The molecule has 1 amide bonds. The molecular weight excluding hydrogens is 715 g/mol. The minimum Gasteiger partial charge on any atom is -0.394 e. The van der Waals surface area contributed by atoms with Crippen molar-refractivity contribution in [1.29, 1.82) is 0 Å². The molecule has 0 saturated heterocycles. The molecule has 0 aliphatic heterocycles. The van der Waals surface area contributed by atoms with Crippen LogP contribution < -0.4 is 5.32 Å². The summed E-state index contributed by atoms with van der Waals surface area (Å²) in [4.78, 5) is 12.5. The van der Waals surface area contributed by atoms with E-state index in [1.165, 1.54) is 231 Å². The molecule has 344 valence electrons. The number of carbonyl (C=O) groups is 1. The molecule has 58 heavy (non-hydrogen) atoms. The van der Waals surface area contributed by atoms with Crippen molar-refractivity contribution in [3.8, 4) is 0 Å². The standard InChI is InChI=1S/C53H103NO4/c1-3-5-7-9-11-13-15-17-19-20-21-22-23-24-25-26-27-28-29-30-31-32-33-34-36-38-40-42-44-46-48-52(57)53(58)54-50(49-55)51(56)47-45-43-41-39-37-35-18-16-14-12-10-8-6-4-2/h24-25,45,47,50-52,55-57H,3-23,26-44,46,48-49H2,1-2H3,(H,54,58)/b25-24-,47-45+. The molecule has 0 aliphatic rings. The first kappa shape index (κ1) is 56.8. The van der Waals surface area contributed by atoms with Gasteiger partial charge in [0.1, 0.15) is 6.10 Å². The molecule has 0 aromatic carbocycles. The molecule has 3 unspecified atom stereocenters. The third kappa shape index (κ3) is 42.9. The predicted molar refractivity (Wildman–Crippen MR) is 255 cm³/mol. The summed E-state index contributed by atoms with van der Waals surface area (Å²) in [7, 11) is 0. The number of unbranched alkanes of at least 4 members (excludes halogenated alkanes) is 38. The molecule has 5 heteroatoms. The highest BCUT2D eigenvalue weighted by Gasteiger charge is 2.22. The first-order valence-corrected chi connectivity index (χ1v) is 26.2. The fourth-order valence-corrected chi connectivity index (χ4v) is 8.18. The summed E-state index contributed by atoms with van der Waals surface area (Å²) < 4.78 is 0. The van der Waals surface area contributed by atoms with Gasteiger partial charge in [-0.15, -0.1) is 0 Å². The molecule has 0 aromatic rings. The molecule has 0 heterocycles. The van der Waals surface area contributed by atoms with E-state index < -0.39 is 24.2 Å². The van der Waals surface area contributed by atoms with E-state index in [-0.39, 0.29) is 6.61 Å². The number of hydrogen-bond acceptors (Lipinski definition) is 4. The zero-order valence-corrected chi connectivity index (χ0v) is 39.2. The highest BCUT2D eigenvalue weighted by molar-refractivity contribution is 5.80. The van der Waals surface area contributed by atoms with Crippen molar-refractivity contribution in [2.24, 2.45) is 0 Å². The van der Waals surface area contributed by atoms with Gasteiger partial charge in [-0.05, 0) is 44.9 Å². The van der Waals surface area contributed by atoms with Gasteiger partial charge >= 0.3 is 0 Å². The van der Waals surface area contributed by atoms with Crippen LogP contribution in [-0.2, 0) is 4.79 Å². The highest BCUT2D eigenvalue weighted by Crippen LogP contribution is 2.17. The Labute approximate surface area is 362 Å². The number of hydrogen-bond donors (Lipinski definition) is 4. The van der Waals surface area contributed by atoms with Crippen molar-refractivity contribution in [1.82, 2.24) is 5.32 Å².